The first-order valence-electron chi connectivity index (χ1n) is 10.1. The maximum absolute atomic E-state index is 6.08. The summed E-state index contributed by atoms with van der Waals surface area (Å²) in [5.41, 5.74) is 1.21. The van der Waals surface area contributed by atoms with Gasteiger partial charge in [-0.15, -0.1) is 0 Å². The van der Waals surface area contributed by atoms with Crippen LogP contribution in [-0.4, -0.2) is 52.6 Å². The monoisotopic (exact) mass is 377 g/mol. The van der Waals surface area contributed by atoms with Gasteiger partial charge >= 0.3 is 0 Å². The number of aliphatic imine (C=N–C) groups is 1. The molecule has 0 bridgehead atoms. The molecular formula is C21H35N3O3. The molecule has 152 valence electrons. The van der Waals surface area contributed by atoms with Crippen LogP contribution in [-0.2, 0) is 16.0 Å². The molecule has 1 aromatic rings. The SMILES string of the molecule is CN=C(NCCCOCCOC)NCc1ccc(OC2CCCCC2)cc1. The van der Waals surface area contributed by atoms with Crippen molar-refractivity contribution < 1.29 is 14.2 Å². The topological polar surface area (TPSA) is 64.1 Å². The first-order chi connectivity index (χ1) is 13.3. The van der Waals surface area contributed by atoms with Crippen molar-refractivity contribution in [1.82, 2.24) is 10.6 Å². The minimum Gasteiger partial charge on any atom is -0.490 e. The lowest BCUT2D eigenvalue weighted by atomic mass is 9.98. The summed E-state index contributed by atoms with van der Waals surface area (Å²) in [5, 5.41) is 6.63. The zero-order valence-electron chi connectivity index (χ0n) is 16.8. The van der Waals surface area contributed by atoms with Gasteiger partial charge in [-0.3, -0.25) is 4.99 Å². The molecule has 0 heterocycles. The number of methoxy groups -OCH3 is 1. The number of hydrogen-bond acceptors (Lipinski definition) is 4. The van der Waals surface area contributed by atoms with E-state index in [-0.39, 0.29) is 0 Å². The molecule has 1 fully saturated rings. The Labute approximate surface area is 163 Å². The Kier molecular flexibility index (Phi) is 10.7. The summed E-state index contributed by atoms with van der Waals surface area (Å²) < 4.78 is 16.5. The van der Waals surface area contributed by atoms with Crippen molar-refractivity contribution in [2.45, 2.75) is 51.2 Å². The largest absolute Gasteiger partial charge is 0.490 e. The molecule has 27 heavy (non-hydrogen) atoms. The molecule has 0 spiro atoms. The molecule has 0 radical (unpaired) electrons. The maximum atomic E-state index is 6.08. The van der Waals surface area contributed by atoms with E-state index < -0.39 is 0 Å². The van der Waals surface area contributed by atoms with Gasteiger partial charge in [-0.2, -0.15) is 0 Å². The number of nitrogens with one attached hydrogen (secondary N) is 2. The molecule has 0 atom stereocenters. The van der Waals surface area contributed by atoms with E-state index in [1.54, 1.807) is 14.2 Å². The fourth-order valence-corrected chi connectivity index (χ4v) is 3.09. The Balaban J connectivity index is 1.62. The van der Waals surface area contributed by atoms with Gasteiger partial charge in [0, 0.05) is 33.9 Å². The molecule has 1 saturated carbocycles. The summed E-state index contributed by atoms with van der Waals surface area (Å²) in [6.45, 7) is 3.55. The second-order valence-electron chi connectivity index (χ2n) is 6.83. The maximum Gasteiger partial charge on any atom is 0.191 e. The lowest BCUT2D eigenvalue weighted by Crippen LogP contribution is -2.37. The fraction of sp³-hybridized carbons (Fsp3) is 0.667. The van der Waals surface area contributed by atoms with Crippen LogP contribution in [0.1, 0.15) is 44.1 Å². The molecule has 1 aliphatic rings. The van der Waals surface area contributed by atoms with E-state index in [0.717, 1.165) is 37.8 Å². The van der Waals surface area contributed by atoms with E-state index in [4.69, 9.17) is 14.2 Å². The first-order valence-corrected chi connectivity index (χ1v) is 10.1. The number of ether oxygens (including phenoxy) is 3. The van der Waals surface area contributed by atoms with Gasteiger partial charge in [0.2, 0.25) is 0 Å². The van der Waals surface area contributed by atoms with Crippen LogP contribution in [0.25, 0.3) is 0 Å². The molecule has 0 aliphatic heterocycles. The van der Waals surface area contributed by atoms with Crippen LogP contribution in [0.15, 0.2) is 29.3 Å². The van der Waals surface area contributed by atoms with Gasteiger partial charge in [-0.25, -0.2) is 0 Å². The van der Waals surface area contributed by atoms with E-state index in [2.05, 4.69) is 39.9 Å². The molecule has 1 aliphatic carbocycles. The fourth-order valence-electron chi connectivity index (χ4n) is 3.09. The van der Waals surface area contributed by atoms with Crippen LogP contribution in [0.4, 0.5) is 0 Å². The van der Waals surface area contributed by atoms with Crippen molar-refractivity contribution in [1.29, 1.82) is 0 Å². The summed E-state index contributed by atoms with van der Waals surface area (Å²) in [5.74, 6) is 1.77. The van der Waals surface area contributed by atoms with Gasteiger partial charge in [-0.1, -0.05) is 18.6 Å². The predicted molar refractivity (Wildman–Crippen MR) is 109 cm³/mol. The number of benzene rings is 1. The summed E-state index contributed by atoms with van der Waals surface area (Å²) in [4.78, 5) is 4.25. The molecule has 2 rings (SSSR count). The highest BCUT2D eigenvalue weighted by atomic mass is 16.5. The molecule has 0 aromatic heterocycles. The van der Waals surface area contributed by atoms with Crippen LogP contribution in [0.5, 0.6) is 5.75 Å². The van der Waals surface area contributed by atoms with Crippen molar-refractivity contribution in [2.24, 2.45) is 4.99 Å². The molecular weight excluding hydrogens is 342 g/mol. The molecule has 0 saturated heterocycles. The average molecular weight is 378 g/mol. The Bertz CT molecular complexity index is 528. The van der Waals surface area contributed by atoms with Crippen LogP contribution in [0.3, 0.4) is 0 Å². The molecule has 0 unspecified atom stereocenters. The number of rotatable bonds is 11. The third-order valence-electron chi connectivity index (χ3n) is 4.65. The molecule has 0 amide bonds. The van der Waals surface area contributed by atoms with Crippen molar-refractivity contribution in [3.05, 3.63) is 29.8 Å². The quantitative estimate of drug-likeness (QED) is 0.352. The smallest absolute Gasteiger partial charge is 0.191 e. The van der Waals surface area contributed by atoms with Gasteiger partial charge in [0.1, 0.15) is 5.75 Å². The lowest BCUT2D eigenvalue weighted by molar-refractivity contribution is 0.0698. The van der Waals surface area contributed by atoms with Gasteiger partial charge in [0.25, 0.3) is 0 Å². The Morgan fingerprint density at radius 2 is 1.81 bits per heavy atom. The van der Waals surface area contributed by atoms with Gasteiger partial charge in [0.15, 0.2) is 5.96 Å². The van der Waals surface area contributed by atoms with Gasteiger partial charge in [-0.05, 0) is 49.8 Å². The van der Waals surface area contributed by atoms with E-state index in [9.17, 15) is 0 Å². The van der Waals surface area contributed by atoms with Crippen LogP contribution < -0.4 is 15.4 Å². The van der Waals surface area contributed by atoms with Crippen molar-refractivity contribution in [2.75, 3.05) is 40.5 Å². The number of nitrogens with zero attached hydrogens (tertiary/aromatic N) is 1. The minimum atomic E-state index is 0.393. The third-order valence-corrected chi connectivity index (χ3v) is 4.65. The predicted octanol–water partition coefficient (Wildman–Crippen LogP) is 3.12. The van der Waals surface area contributed by atoms with Crippen molar-refractivity contribution in [3.63, 3.8) is 0 Å². The Hall–Kier alpha value is -1.79. The van der Waals surface area contributed by atoms with Gasteiger partial charge < -0.3 is 24.8 Å². The summed E-state index contributed by atoms with van der Waals surface area (Å²) in [6, 6.07) is 8.36. The molecule has 1 aromatic carbocycles. The van der Waals surface area contributed by atoms with E-state index in [1.165, 1.54) is 37.7 Å². The lowest BCUT2D eigenvalue weighted by Gasteiger charge is -2.23. The summed E-state index contributed by atoms with van der Waals surface area (Å²) >= 11 is 0. The second-order valence-corrected chi connectivity index (χ2v) is 6.83. The van der Waals surface area contributed by atoms with Crippen molar-refractivity contribution in [3.8, 4) is 5.75 Å². The zero-order valence-corrected chi connectivity index (χ0v) is 16.8. The van der Waals surface area contributed by atoms with Crippen LogP contribution >= 0.6 is 0 Å². The van der Waals surface area contributed by atoms with Gasteiger partial charge in [0.05, 0.1) is 19.3 Å². The first kappa shape index (κ1) is 21.5. The van der Waals surface area contributed by atoms with E-state index in [0.29, 0.717) is 19.3 Å². The Morgan fingerprint density at radius 1 is 1.04 bits per heavy atom. The molecule has 2 N–H and O–H groups in total. The summed E-state index contributed by atoms with van der Waals surface area (Å²) in [7, 11) is 3.46. The normalized spacial score (nSPS) is 15.6. The van der Waals surface area contributed by atoms with E-state index >= 15 is 0 Å². The standard InChI is InChI=1S/C21H35N3O3/c1-22-21(23-13-6-14-26-16-15-25-2)24-17-18-9-11-20(12-10-18)27-19-7-4-3-5-8-19/h9-12,19H,3-8,13-17H2,1-2H3,(H2,22,23,24). The average Bonchev–Trinajstić information content (AvgIpc) is 2.71. The number of guanidine groups is 1. The van der Waals surface area contributed by atoms with Crippen molar-refractivity contribution >= 4 is 5.96 Å². The number of hydrogen-bond donors (Lipinski definition) is 2. The zero-order chi connectivity index (χ0) is 19.2. The highest BCUT2D eigenvalue weighted by Crippen LogP contribution is 2.23. The highest BCUT2D eigenvalue weighted by Gasteiger charge is 2.14. The van der Waals surface area contributed by atoms with Crippen LogP contribution in [0.2, 0.25) is 0 Å². The van der Waals surface area contributed by atoms with Crippen LogP contribution in [0, 0.1) is 0 Å². The second kappa shape index (κ2) is 13.4. The minimum absolute atomic E-state index is 0.393. The third kappa shape index (κ3) is 9.11. The Morgan fingerprint density at radius 3 is 2.52 bits per heavy atom. The summed E-state index contributed by atoms with van der Waals surface area (Å²) in [6.07, 6.45) is 7.61. The molecule has 6 heteroatoms. The molecule has 6 nitrogen and oxygen atoms in total. The highest BCUT2D eigenvalue weighted by molar-refractivity contribution is 5.79. The van der Waals surface area contributed by atoms with E-state index in [1.807, 2.05) is 0 Å².